The number of benzene rings is 3. The van der Waals surface area contributed by atoms with Crippen LogP contribution in [0.2, 0.25) is 0 Å². The normalized spacial score (nSPS) is 12.0. The Bertz CT molecular complexity index is 1480. The molecule has 0 aromatic heterocycles. The second-order valence-corrected chi connectivity index (χ2v) is 11.2. The molecule has 0 radical (unpaired) electrons. The highest BCUT2D eigenvalue weighted by Crippen LogP contribution is 2.33. The highest BCUT2D eigenvalue weighted by atomic mass is 32.2. The molecule has 0 amide bonds. The molecule has 6 nitrogen and oxygen atoms in total. The van der Waals surface area contributed by atoms with Crippen LogP contribution in [0.5, 0.6) is 5.75 Å². The molecule has 3 rings (SSSR count). The average molecular weight is 604 g/mol. The van der Waals surface area contributed by atoms with Crippen LogP contribution < -0.4 is 4.74 Å². The van der Waals surface area contributed by atoms with Gasteiger partial charge in [-0.15, -0.1) is 0 Å². The molecule has 13 heteroatoms. The lowest BCUT2D eigenvalue weighted by Gasteiger charge is -2.23. The zero-order valence-corrected chi connectivity index (χ0v) is 22.9. The molecule has 0 saturated carbocycles. The van der Waals surface area contributed by atoms with Gasteiger partial charge in [-0.2, -0.15) is 13.2 Å². The van der Waals surface area contributed by atoms with E-state index in [0.29, 0.717) is 12.5 Å². The van der Waals surface area contributed by atoms with Gasteiger partial charge in [0.15, 0.2) is 9.84 Å². The molecule has 0 N–H and O–H groups in total. The summed E-state index contributed by atoms with van der Waals surface area (Å²) in [7, 11) is -3.06. The number of halogens is 6. The maximum absolute atomic E-state index is 14.7. The summed E-state index contributed by atoms with van der Waals surface area (Å²) in [6, 6.07) is 10.5. The Morgan fingerprint density at radius 2 is 1.66 bits per heavy atom. The maximum atomic E-state index is 14.7. The summed E-state index contributed by atoms with van der Waals surface area (Å²) in [6.07, 6.45) is -3.45. The van der Waals surface area contributed by atoms with E-state index < -0.39 is 55.5 Å². The smallest absolute Gasteiger partial charge is 0.419 e. The van der Waals surface area contributed by atoms with Crippen molar-refractivity contribution in [3.63, 3.8) is 0 Å². The number of sulfone groups is 1. The number of hydrogen-bond acceptors (Lipinski definition) is 6. The van der Waals surface area contributed by atoms with Gasteiger partial charge in [0.1, 0.15) is 28.8 Å². The van der Waals surface area contributed by atoms with Gasteiger partial charge in [-0.1, -0.05) is 24.3 Å². The lowest BCUT2D eigenvalue weighted by molar-refractivity contribution is -0.140. The molecule has 0 fully saturated rings. The first kappa shape index (κ1) is 31.9. The first-order chi connectivity index (χ1) is 19.2. The van der Waals surface area contributed by atoms with Gasteiger partial charge in [0.05, 0.1) is 24.2 Å². The summed E-state index contributed by atoms with van der Waals surface area (Å²) >= 11 is 0. The van der Waals surface area contributed by atoms with Crippen molar-refractivity contribution in [2.75, 3.05) is 33.1 Å². The molecule has 0 unspecified atom stereocenters. The van der Waals surface area contributed by atoms with E-state index in [9.17, 15) is 39.6 Å². The van der Waals surface area contributed by atoms with E-state index in [1.807, 2.05) is 0 Å². The van der Waals surface area contributed by atoms with Crippen molar-refractivity contribution in [1.29, 1.82) is 0 Å². The van der Waals surface area contributed by atoms with Gasteiger partial charge in [-0.3, -0.25) is 4.90 Å². The van der Waals surface area contributed by atoms with E-state index in [0.717, 1.165) is 37.1 Å². The zero-order valence-electron chi connectivity index (χ0n) is 22.1. The van der Waals surface area contributed by atoms with Gasteiger partial charge >= 0.3 is 12.1 Å². The fourth-order valence-electron chi connectivity index (χ4n) is 4.08. The van der Waals surface area contributed by atoms with Crippen molar-refractivity contribution >= 4 is 15.8 Å². The van der Waals surface area contributed by atoms with Crippen LogP contribution in [0.3, 0.4) is 0 Å². The fourth-order valence-corrected chi connectivity index (χ4v) is 4.96. The number of ether oxygens (including phenoxy) is 2. The Balaban J connectivity index is 1.75. The van der Waals surface area contributed by atoms with E-state index in [4.69, 9.17) is 4.74 Å². The van der Waals surface area contributed by atoms with Crippen LogP contribution in [0, 0.1) is 17.5 Å². The van der Waals surface area contributed by atoms with E-state index in [1.54, 1.807) is 17.0 Å². The van der Waals surface area contributed by atoms with Crippen LogP contribution in [-0.4, -0.2) is 52.3 Å². The fraction of sp³-hybridized carbons (Fsp3) is 0.321. The Hall–Kier alpha value is -3.58. The van der Waals surface area contributed by atoms with Crippen molar-refractivity contribution in [1.82, 2.24) is 4.90 Å². The molecule has 0 atom stereocenters. The molecule has 0 aliphatic heterocycles. The molecule has 41 heavy (non-hydrogen) atoms. The molecule has 3 aromatic rings. The van der Waals surface area contributed by atoms with Crippen molar-refractivity contribution in [2.45, 2.75) is 30.5 Å². The monoisotopic (exact) mass is 603 g/mol. The van der Waals surface area contributed by atoms with E-state index in [-0.39, 0.29) is 44.0 Å². The Morgan fingerprint density at radius 3 is 2.27 bits per heavy atom. The van der Waals surface area contributed by atoms with Crippen LogP contribution in [0.15, 0.2) is 59.5 Å². The quantitative estimate of drug-likeness (QED) is 0.148. The first-order valence-corrected chi connectivity index (χ1v) is 14.2. The lowest BCUT2D eigenvalue weighted by atomic mass is 10.1. The molecule has 0 heterocycles. The molecule has 0 spiro atoms. The maximum Gasteiger partial charge on any atom is 0.419 e. The lowest BCUT2D eigenvalue weighted by Crippen LogP contribution is -2.28. The number of nitrogens with zero attached hydrogens (tertiary/aromatic N) is 1. The number of carbonyl (C=O) groups is 1. The van der Waals surface area contributed by atoms with Gasteiger partial charge in [-0.25, -0.2) is 26.4 Å². The number of esters is 1. The predicted molar refractivity (Wildman–Crippen MR) is 138 cm³/mol. The predicted octanol–water partition coefficient (Wildman–Crippen LogP) is 5.83. The molecular weight excluding hydrogens is 576 g/mol. The Morgan fingerprint density at radius 1 is 0.976 bits per heavy atom. The summed E-state index contributed by atoms with van der Waals surface area (Å²) in [6.45, 7) is 0.247. The minimum atomic E-state index is -4.86. The molecular formula is C28H27F6NO5S. The average Bonchev–Trinajstić information content (AvgIpc) is 2.89. The van der Waals surface area contributed by atoms with E-state index >= 15 is 0 Å². The van der Waals surface area contributed by atoms with Crippen molar-refractivity contribution < 1.29 is 49.0 Å². The van der Waals surface area contributed by atoms with Gasteiger partial charge in [0.2, 0.25) is 0 Å². The standard InChI is InChI=1S/C28H27F6NO5S/c1-39-27(36)25-23(30)15-21(16-24(25)41(2,37)38)40-14-4-12-35(13-11-18-7-9-20(29)10-8-18)17-19-5-3-6-22(26(19)31)28(32,33)34/h3,5-10,15-16H,4,11-14,17H2,1-2H3. The minimum absolute atomic E-state index is 0.0711. The molecule has 222 valence electrons. The summed E-state index contributed by atoms with van der Waals surface area (Å²) in [4.78, 5) is 13.0. The van der Waals surface area contributed by atoms with Gasteiger partial charge in [0.25, 0.3) is 0 Å². The number of methoxy groups -OCH3 is 1. The summed E-state index contributed by atoms with van der Waals surface area (Å²) in [5, 5.41) is 0. The number of carbonyl (C=O) groups excluding carboxylic acids is 1. The first-order valence-electron chi connectivity index (χ1n) is 12.3. The second-order valence-electron chi connectivity index (χ2n) is 9.17. The van der Waals surface area contributed by atoms with Crippen molar-refractivity contribution in [2.24, 2.45) is 0 Å². The summed E-state index contributed by atoms with van der Waals surface area (Å²) < 4.78 is 116. The van der Waals surface area contributed by atoms with Crippen LogP contribution in [0.25, 0.3) is 0 Å². The van der Waals surface area contributed by atoms with Gasteiger partial charge < -0.3 is 9.47 Å². The Labute approximate surface area is 233 Å². The number of alkyl halides is 3. The summed E-state index contributed by atoms with van der Waals surface area (Å²) in [5.74, 6) is -4.30. The SMILES string of the molecule is COC(=O)c1c(F)cc(OCCCN(CCc2ccc(F)cc2)Cc2cccc(C(F)(F)F)c2F)cc1S(C)(=O)=O. The van der Waals surface area contributed by atoms with Gasteiger partial charge in [0, 0.05) is 37.5 Å². The van der Waals surface area contributed by atoms with Gasteiger partial charge in [-0.05, 0) is 42.7 Å². The Kier molecular flexibility index (Phi) is 10.4. The third kappa shape index (κ3) is 8.70. The van der Waals surface area contributed by atoms with Crippen molar-refractivity contribution in [3.8, 4) is 5.75 Å². The molecule has 0 aliphatic rings. The highest BCUT2D eigenvalue weighted by molar-refractivity contribution is 7.90. The molecule has 3 aromatic carbocycles. The zero-order chi connectivity index (χ0) is 30.4. The van der Waals surface area contributed by atoms with Crippen LogP contribution in [-0.2, 0) is 33.7 Å². The number of rotatable bonds is 12. The summed E-state index contributed by atoms with van der Waals surface area (Å²) in [5.41, 5.74) is -1.54. The second kappa shape index (κ2) is 13.4. The van der Waals surface area contributed by atoms with Crippen LogP contribution >= 0.6 is 0 Å². The van der Waals surface area contributed by atoms with E-state index in [1.165, 1.54) is 18.2 Å². The van der Waals surface area contributed by atoms with E-state index in [2.05, 4.69) is 4.74 Å². The van der Waals surface area contributed by atoms with Crippen LogP contribution in [0.1, 0.15) is 33.5 Å². The van der Waals surface area contributed by atoms with Crippen molar-refractivity contribution in [3.05, 3.63) is 94.3 Å². The third-order valence-corrected chi connectivity index (χ3v) is 7.23. The molecule has 0 saturated heterocycles. The number of hydrogen-bond donors (Lipinski definition) is 0. The topological polar surface area (TPSA) is 72.9 Å². The molecule has 0 aliphatic carbocycles. The third-order valence-electron chi connectivity index (χ3n) is 6.11. The minimum Gasteiger partial charge on any atom is -0.493 e. The van der Waals surface area contributed by atoms with Crippen LogP contribution in [0.4, 0.5) is 26.3 Å². The highest BCUT2D eigenvalue weighted by Gasteiger charge is 2.35. The molecule has 0 bridgehead atoms. The largest absolute Gasteiger partial charge is 0.493 e.